The number of amides is 2. The van der Waals surface area contributed by atoms with E-state index < -0.39 is 6.36 Å². The van der Waals surface area contributed by atoms with Crippen molar-refractivity contribution in [1.29, 1.82) is 0 Å². The monoisotopic (exact) mass is 547 g/mol. The van der Waals surface area contributed by atoms with Gasteiger partial charge in [-0.2, -0.15) is 0 Å². The number of carbonyl (C=O) groups is 1. The van der Waals surface area contributed by atoms with E-state index in [1.165, 1.54) is 11.6 Å². The molecule has 2 atom stereocenters. The molecule has 0 aliphatic carbocycles. The van der Waals surface area contributed by atoms with Crippen LogP contribution in [0.4, 0.5) is 15.1 Å². The van der Waals surface area contributed by atoms with Crippen molar-refractivity contribution < 1.29 is 19.0 Å². The van der Waals surface area contributed by atoms with Gasteiger partial charge in [-0.3, -0.25) is 14.2 Å². The van der Waals surface area contributed by atoms with E-state index in [4.69, 9.17) is 4.74 Å². The number of hydrogen-bond donors (Lipinski definition) is 2. The summed E-state index contributed by atoms with van der Waals surface area (Å²) in [6.45, 7) is 3.81. The number of aliphatic hydroxyl groups excluding tert-OH is 1. The fourth-order valence-corrected chi connectivity index (χ4v) is 5.54. The molecule has 0 bridgehead atoms. The number of piperazine rings is 1. The molecule has 0 radical (unpaired) electrons. The van der Waals surface area contributed by atoms with Crippen LogP contribution in [-0.2, 0) is 20.2 Å². The quantitative estimate of drug-likeness (QED) is 0.364. The molecule has 0 spiro atoms. The molecule has 40 heavy (non-hydrogen) atoms. The number of anilines is 1. The van der Waals surface area contributed by atoms with Gasteiger partial charge in [0, 0.05) is 63.7 Å². The topological polar surface area (TPSA) is 118 Å². The van der Waals surface area contributed by atoms with Crippen LogP contribution in [-0.4, -0.2) is 73.9 Å². The van der Waals surface area contributed by atoms with Gasteiger partial charge in [0.2, 0.25) is 12.3 Å². The Morgan fingerprint density at radius 1 is 1.15 bits per heavy atom. The zero-order chi connectivity index (χ0) is 28.0. The van der Waals surface area contributed by atoms with Gasteiger partial charge in [0.05, 0.1) is 30.1 Å². The largest absolute Gasteiger partial charge is 0.460 e. The summed E-state index contributed by atoms with van der Waals surface area (Å²) in [5, 5.41) is 13.4. The number of rotatable bonds is 7. The van der Waals surface area contributed by atoms with E-state index in [2.05, 4.69) is 20.2 Å². The summed E-state index contributed by atoms with van der Waals surface area (Å²) in [5.41, 5.74) is 3.31. The second-order valence-corrected chi connectivity index (χ2v) is 10.1. The maximum Gasteiger partial charge on any atom is 0.317 e. The van der Waals surface area contributed by atoms with E-state index in [0.29, 0.717) is 59.9 Å². The Morgan fingerprint density at radius 3 is 2.70 bits per heavy atom. The second kappa shape index (κ2) is 10.3. The summed E-state index contributed by atoms with van der Waals surface area (Å²) in [5.74, 6) is 0.922. The Bertz CT molecular complexity index is 1630. The lowest BCUT2D eigenvalue weighted by Crippen LogP contribution is -2.52. The summed E-state index contributed by atoms with van der Waals surface area (Å²) >= 11 is 0. The maximum absolute atomic E-state index is 13.8. The Morgan fingerprint density at radius 2 is 1.95 bits per heavy atom. The molecule has 2 aliphatic rings. The van der Waals surface area contributed by atoms with Crippen molar-refractivity contribution in [1.82, 2.24) is 29.5 Å². The highest BCUT2D eigenvalue weighted by molar-refractivity contribution is 5.84. The molecular weight excluding hydrogens is 517 g/mol. The van der Waals surface area contributed by atoms with Crippen LogP contribution in [0, 0.1) is 0 Å². The van der Waals surface area contributed by atoms with Crippen LogP contribution in [0.5, 0.6) is 5.75 Å². The molecule has 4 heterocycles. The van der Waals surface area contributed by atoms with Crippen LogP contribution in [0.25, 0.3) is 22.0 Å². The predicted octanol–water partition coefficient (Wildman–Crippen LogP) is 2.25. The lowest BCUT2D eigenvalue weighted by molar-refractivity contribution is 0.0844. The fourth-order valence-electron chi connectivity index (χ4n) is 5.54. The number of aromatic nitrogens is 4. The molecule has 2 saturated heterocycles. The Balaban J connectivity index is 1.32. The summed E-state index contributed by atoms with van der Waals surface area (Å²) < 4.78 is 22.4. The fraction of sp³-hybridized carbons (Fsp3) is 0.357. The molecular formula is C28H30FN7O4. The molecule has 2 aromatic carbocycles. The number of aliphatic hydroxyl groups is 1. The maximum atomic E-state index is 13.8. The van der Waals surface area contributed by atoms with Gasteiger partial charge in [-0.15, -0.1) is 0 Å². The van der Waals surface area contributed by atoms with Crippen molar-refractivity contribution in [3.8, 4) is 16.9 Å². The normalized spacial score (nSPS) is 17.7. The van der Waals surface area contributed by atoms with Crippen molar-refractivity contribution in [3.05, 3.63) is 70.3 Å². The highest BCUT2D eigenvalue weighted by atomic mass is 19.1. The van der Waals surface area contributed by atoms with Crippen LogP contribution < -0.4 is 20.5 Å². The lowest BCUT2D eigenvalue weighted by atomic mass is 10.1. The predicted molar refractivity (Wildman–Crippen MR) is 147 cm³/mol. The number of fused-ring (bicyclic) bond motifs is 2. The minimum atomic E-state index is -1.53. The van der Waals surface area contributed by atoms with Gasteiger partial charge in [0.15, 0.2) is 0 Å². The first-order chi connectivity index (χ1) is 19.3. The molecule has 6 rings (SSSR count). The van der Waals surface area contributed by atoms with E-state index in [9.17, 15) is 19.1 Å². The van der Waals surface area contributed by atoms with Gasteiger partial charge in [0.25, 0.3) is 5.56 Å². The Kier molecular flexibility index (Phi) is 6.62. The summed E-state index contributed by atoms with van der Waals surface area (Å²) in [6, 6.07) is 10.7. The first-order valence-electron chi connectivity index (χ1n) is 13.2. The van der Waals surface area contributed by atoms with Gasteiger partial charge in [-0.25, -0.2) is 19.2 Å². The first kappa shape index (κ1) is 25.8. The summed E-state index contributed by atoms with van der Waals surface area (Å²) in [6.07, 6.45) is 1.98. The SMILES string of the molecule is CC(F)Oc1cccc(CO)c1Cn1c2cc(-c3cnc(N4CCN5C(=O)NC[C@@H]5C4)nc3)ccc2c(=O)n1C. The van der Waals surface area contributed by atoms with Gasteiger partial charge in [-0.1, -0.05) is 18.2 Å². The highest BCUT2D eigenvalue weighted by Crippen LogP contribution is 2.29. The summed E-state index contributed by atoms with van der Waals surface area (Å²) in [7, 11) is 1.67. The van der Waals surface area contributed by atoms with Gasteiger partial charge < -0.3 is 25.0 Å². The van der Waals surface area contributed by atoms with Crippen molar-refractivity contribution in [2.75, 3.05) is 31.1 Å². The number of benzene rings is 2. The van der Waals surface area contributed by atoms with E-state index >= 15 is 0 Å². The smallest absolute Gasteiger partial charge is 0.317 e. The number of ether oxygens (including phenoxy) is 1. The van der Waals surface area contributed by atoms with E-state index in [1.807, 2.05) is 17.0 Å². The first-order valence-corrected chi connectivity index (χ1v) is 13.2. The minimum Gasteiger partial charge on any atom is -0.460 e. The molecule has 0 saturated carbocycles. The van der Waals surface area contributed by atoms with Crippen molar-refractivity contribution in [2.24, 2.45) is 7.05 Å². The number of nitrogens with zero attached hydrogens (tertiary/aromatic N) is 6. The number of nitrogens with one attached hydrogen (secondary N) is 1. The third kappa shape index (κ3) is 4.53. The molecule has 2 aromatic heterocycles. The summed E-state index contributed by atoms with van der Waals surface area (Å²) in [4.78, 5) is 38.1. The minimum absolute atomic E-state index is 0.0173. The van der Waals surface area contributed by atoms with Gasteiger partial charge >= 0.3 is 6.03 Å². The molecule has 11 nitrogen and oxygen atoms in total. The van der Waals surface area contributed by atoms with Crippen molar-refractivity contribution in [3.63, 3.8) is 0 Å². The van der Waals surface area contributed by atoms with Crippen LogP contribution in [0.2, 0.25) is 0 Å². The highest BCUT2D eigenvalue weighted by Gasteiger charge is 2.36. The van der Waals surface area contributed by atoms with E-state index in [-0.39, 0.29) is 30.8 Å². The number of halogens is 1. The van der Waals surface area contributed by atoms with Gasteiger partial charge in [-0.05, 0) is 29.3 Å². The average molecular weight is 548 g/mol. The van der Waals surface area contributed by atoms with E-state index in [0.717, 1.165) is 11.1 Å². The number of alkyl halides is 1. The number of hydrogen-bond acceptors (Lipinski definition) is 7. The lowest BCUT2D eigenvalue weighted by Gasteiger charge is -2.36. The molecule has 2 fully saturated rings. The zero-order valence-electron chi connectivity index (χ0n) is 22.2. The second-order valence-electron chi connectivity index (χ2n) is 10.1. The van der Waals surface area contributed by atoms with Gasteiger partial charge in [0.1, 0.15) is 5.75 Å². The molecule has 12 heteroatoms. The van der Waals surface area contributed by atoms with Crippen LogP contribution in [0.1, 0.15) is 18.1 Å². The van der Waals surface area contributed by atoms with Crippen LogP contribution in [0.3, 0.4) is 0 Å². The third-order valence-electron chi connectivity index (χ3n) is 7.65. The Hall–Kier alpha value is -4.45. The third-order valence-corrected chi connectivity index (χ3v) is 7.65. The van der Waals surface area contributed by atoms with E-state index in [1.54, 1.807) is 48.4 Å². The molecule has 4 aromatic rings. The molecule has 208 valence electrons. The zero-order valence-corrected chi connectivity index (χ0v) is 22.2. The molecule has 2 amide bonds. The molecule has 2 aliphatic heterocycles. The number of urea groups is 1. The Labute approximate surface area is 229 Å². The van der Waals surface area contributed by atoms with Crippen LogP contribution in [0.15, 0.2) is 53.6 Å². The van der Waals surface area contributed by atoms with Crippen molar-refractivity contribution in [2.45, 2.75) is 32.5 Å². The molecule has 1 unspecified atom stereocenters. The average Bonchev–Trinajstić information content (AvgIpc) is 3.45. The van der Waals surface area contributed by atoms with Crippen molar-refractivity contribution >= 4 is 22.9 Å². The van der Waals surface area contributed by atoms with Crippen LogP contribution >= 0.6 is 0 Å². The number of carbonyl (C=O) groups excluding carboxylic acids is 1. The molecule has 2 N–H and O–H groups in total. The standard InChI is InChI=1S/C28H30FN7O4/c1-17(29)40-25-5-3-4-19(16-37)23(25)15-36-24-10-18(6-7-22(24)26(38)33(36)2)20-11-30-27(31-12-20)34-8-9-35-21(14-34)13-32-28(35)39/h3-7,10-12,17,21,37H,8-9,13-16H2,1-2H3,(H,32,39)/t17?,21-/m1/s1.